The van der Waals surface area contributed by atoms with Crippen LogP contribution in [-0.4, -0.2) is 95.4 Å². The highest BCUT2D eigenvalue weighted by Crippen LogP contribution is 2.49. The second-order valence-corrected chi connectivity index (χ2v) is 12.8. The maximum atomic E-state index is 12.5. The number of hydrogen-bond donors (Lipinski definition) is 1. The Hall–Kier alpha value is -4.29. The lowest BCUT2D eigenvalue weighted by Crippen LogP contribution is -2.45. The number of carboxylic acids is 1. The van der Waals surface area contributed by atoms with Crippen molar-refractivity contribution < 1.29 is 24.1 Å². The minimum Gasteiger partial charge on any atom is -0.496 e. The van der Waals surface area contributed by atoms with Gasteiger partial charge in [-0.3, -0.25) is 9.88 Å². The van der Waals surface area contributed by atoms with E-state index in [9.17, 15) is 9.90 Å². The lowest BCUT2D eigenvalue weighted by molar-refractivity contribution is -0.145. The third kappa shape index (κ3) is 7.18. The minimum absolute atomic E-state index is 0.0742. The first-order chi connectivity index (χ1) is 22.8. The summed E-state index contributed by atoms with van der Waals surface area (Å²) in [6, 6.07) is 15.0. The van der Waals surface area contributed by atoms with Crippen molar-refractivity contribution in [2.75, 3.05) is 53.5 Å². The van der Waals surface area contributed by atoms with Gasteiger partial charge in [0.1, 0.15) is 29.3 Å². The molecule has 0 saturated carbocycles. The van der Waals surface area contributed by atoms with E-state index in [1.54, 1.807) is 25.6 Å². The lowest BCUT2D eigenvalue weighted by atomic mass is 9.96. The number of nitrogens with zero attached hydrogens (tertiary/aromatic N) is 5. The fourth-order valence-corrected chi connectivity index (χ4v) is 7.09. The molecule has 0 amide bonds. The second kappa shape index (κ2) is 14.6. The van der Waals surface area contributed by atoms with Crippen LogP contribution in [0.5, 0.6) is 17.4 Å². The molecule has 5 aromatic rings. The topological polar surface area (TPSA) is 110 Å². The van der Waals surface area contributed by atoms with Gasteiger partial charge in [0.25, 0.3) is 0 Å². The molecule has 244 valence electrons. The Labute approximate surface area is 282 Å². The number of carboxylic acid groups (broad SMARTS) is 1. The highest BCUT2D eigenvalue weighted by atomic mass is 35.5. The van der Waals surface area contributed by atoms with E-state index in [1.807, 2.05) is 49.4 Å². The molecule has 1 fully saturated rings. The molecular weight excluding hydrogens is 638 g/mol. The summed E-state index contributed by atoms with van der Waals surface area (Å²) in [5, 5.41) is 11.3. The van der Waals surface area contributed by atoms with Gasteiger partial charge in [-0.05, 0) is 48.9 Å². The van der Waals surface area contributed by atoms with Crippen molar-refractivity contribution in [1.29, 1.82) is 0 Å². The molecule has 2 aromatic carbocycles. The van der Waals surface area contributed by atoms with E-state index in [2.05, 4.69) is 31.8 Å². The molecule has 4 heterocycles. The van der Waals surface area contributed by atoms with E-state index in [0.29, 0.717) is 38.9 Å². The Balaban J connectivity index is 1.38. The van der Waals surface area contributed by atoms with Gasteiger partial charge in [-0.25, -0.2) is 14.8 Å². The van der Waals surface area contributed by atoms with E-state index in [-0.39, 0.29) is 12.3 Å². The summed E-state index contributed by atoms with van der Waals surface area (Å²) in [4.78, 5) is 32.2. The molecular formula is C35H36ClN5O5S. The number of likely N-dealkylation sites (N-methyl/N-ethyl adjacent to an activating group) is 1. The molecule has 0 unspecified atom stereocenters. The predicted octanol–water partition coefficient (Wildman–Crippen LogP) is 6.09. The molecule has 1 saturated heterocycles. The fraction of sp³-hybridized carbons (Fsp3) is 0.314. The number of carbonyl (C=O) groups is 1. The van der Waals surface area contributed by atoms with Gasteiger partial charge in [-0.15, -0.1) is 11.3 Å². The summed E-state index contributed by atoms with van der Waals surface area (Å²) in [6.07, 6.45) is 3.74. The Morgan fingerprint density at radius 3 is 2.62 bits per heavy atom. The summed E-state index contributed by atoms with van der Waals surface area (Å²) in [7, 11) is 3.70. The lowest BCUT2D eigenvalue weighted by Gasteiger charge is -2.32. The third-order valence-electron chi connectivity index (χ3n) is 8.39. The van der Waals surface area contributed by atoms with Gasteiger partial charge in [0.2, 0.25) is 12.0 Å². The van der Waals surface area contributed by atoms with Crippen LogP contribution in [0.25, 0.3) is 31.8 Å². The number of methoxy groups -OCH3 is 1. The molecule has 10 nitrogen and oxygen atoms in total. The quantitative estimate of drug-likeness (QED) is 0.167. The van der Waals surface area contributed by atoms with E-state index in [0.717, 1.165) is 59.9 Å². The van der Waals surface area contributed by atoms with Crippen molar-refractivity contribution in [3.05, 3.63) is 83.4 Å². The van der Waals surface area contributed by atoms with Crippen molar-refractivity contribution in [1.82, 2.24) is 24.8 Å². The molecule has 6 rings (SSSR count). The van der Waals surface area contributed by atoms with Crippen LogP contribution in [0.15, 0.2) is 67.3 Å². The van der Waals surface area contributed by atoms with Crippen LogP contribution in [0.1, 0.15) is 11.1 Å². The Morgan fingerprint density at radius 2 is 1.87 bits per heavy atom. The number of fused-ring (bicyclic) bond motifs is 1. The summed E-state index contributed by atoms with van der Waals surface area (Å²) < 4.78 is 17.9. The number of pyridine rings is 1. The molecule has 0 aliphatic carbocycles. The molecule has 1 aliphatic heterocycles. The van der Waals surface area contributed by atoms with Crippen LogP contribution in [0.4, 0.5) is 0 Å². The Morgan fingerprint density at radius 1 is 1.06 bits per heavy atom. The molecule has 1 aliphatic rings. The molecule has 12 heteroatoms. The SMILES string of the molecule is COc1ccccc1C[C@@H](Oc1ncnc2sc(-c3cccnc3)c(-c3ccc(OCCN4CCN(C)CC4)c(Cl)c3C)c12)C(=O)O. The van der Waals surface area contributed by atoms with Gasteiger partial charge in [-0.2, -0.15) is 0 Å². The largest absolute Gasteiger partial charge is 0.496 e. The van der Waals surface area contributed by atoms with Crippen LogP contribution in [0, 0.1) is 6.92 Å². The number of aliphatic carboxylic acids is 1. The smallest absolute Gasteiger partial charge is 0.345 e. The number of rotatable bonds is 12. The summed E-state index contributed by atoms with van der Waals surface area (Å²) in [5.74, 6) is 0.243. The average molecular weight is 674 g/mol. The zero-order valence-electron chi connectivity index (χ0n) is 26.5. The van der Waals surface area contributed by atoms with Crippen LogP contribution < -0.4 is 14.2 Å². The standard InChI is InChI=1S/C35H36ClN5O5S/c1-22-25(10-11-27(31(22)36)45-18-17-41-15-13-40(2)14-16-41)29-30-33(38-21-39-34(30)47-32(29)24-8-6-12-37-20-24)46-28(35(42)43)19-23-7-4-5-9-26(23)44-3/h4-12,20-21,28H,13-19H2,1-3H3,(H,42,43)/t28-/m1/s1. The van der Waals surface area contributed by atoms with Gasteiger partial charge in [0.15, 0.2) is 0 Å². The number of benzene rings is 2. The average Bonchev–Trinajstić information content (AvgIpc) is 3.48. The zero-order valence-corrected chi connectivity index (χ0v) is 28.1. The maximum Gasteiger partial charge on any atom is 0.345 e. The number of halogens is 1. The third-order valence-corrected chi connectivity index (χ3v) is 10.0. The van der Waals surface area contributed by atoms with Crippen LogP contribution >= 0.6 is 22.9 Å². The Kier molecular flexibility index (Phi) is 10.2. The van der Waals surface area contributed by atoms with E-state index < -0.39 is 12.1 Å². The Bertz CT molecular complexity index is 1860. The summed E-state index contributed by atoms with van der Waals surface area (Å²) in [5.41, 5.74) is 4.02. The van der Waals surface area contributed by atoms with Crippen molar-refractivity contribution >= 4 is 39.1 Å². The molecule has 47 heavy (non-hydrogen) atoms. The molecule has 0 spiro atoms. The molecule has 3 aromatic heterocycles. The highest BCUT2D eigenvalue weighted by Gasteiger charge is 2.28. The van der Waals surface area contributed by atoms with Gasteiger partial charge < -0.3 is 24.2 Å². The number of ether oxygens (including phenoxy) is 3. The summed E-state index contributed by atoms with van der Waals surface area (Å²) >= 11 is 8.44. The van der Waals surface area contributed by atoms with Gasteiger partial charge in [0.05, 0.1) is 17.5 Å². The number of thiophene rings is 1. The highest BCUT2D eigenvalue weighted by molar-refractivity contribution is 7.22. The maximum absolute atomic E-state index is 12.5. The molecule has 0 bridgehead atoms. The van der Waals surface area contributed by atoms with E-state index in [4.69, 9.17) is 25.8 Å². The van der Waals surface area contributed by atoms with E-state index in [1.165, 1.54) is 17.7 Å². The molecule has 0 radical (unpaired) electrons. The monoisotopic (exact) mass is 673 g/mol. The first-order valence-electron chi connectivity index (χ1n) is 15.4. The number of para-hydroxylation sites is 1. The van der Waals surface area contributed by atoms with Crippen molar-refractivity contribution in [2.24, 2.45) is 0 Å². The number of piperazine rings is 1. The number of hydrogen-bond acceptors (Lipinski definition) is 10. The zero-order chi connectivity index (χ0) is 32.9. The minimum atomic E-state index is -1.24. The van der Waals surface area contributed by atoms with Crippen LogP contribution in [-0.2, 0) is 11.2 Å². The van der Waals surface area contributed by atoms with Crippen LogP contribution in [0.2, 0.25) is 5.02 Å². The van der Waals surface area contributed by atoms with Crippen molar-refractivity contribution in [2.45, 2.75) is 19.4 Å². The second-order valence-electron chi connectivity index (χ2n) is 11.4. The van der Waals surface area contributed by atoms with Gasteiger partial charge in [-0.1, -0.05) is 41.9 Å². The van der Waals surface area contributed by atoms with Gasteiger partial charge in [0, 0.05) is 67.5 Å². The normalized spacial score (nSPS) is 14.6. The van der Waals surface area contributed by atoms with Crippen molar-refractivity contribution in [3.63, 3.8) is 0 Å². The molecule has 1 atom stereocenters. The summed E-state index contributed by atoms with van der Waals surface area (Å²) in [6.45, 7) is 7.43. The first kappa shape index (κ1) is 32.6. The predicted molar refractivity (Wildman–Crippen MR) is 184 cm³/mol. The fourth-order valence-electron chi connectivity index (χ4n) is 5.74. The van der Waals surface area contributed by atoms with E-state index >= 15 is 0 Å². The van der Waals surface area contributed by atoms with Crippen molar-refractivity contribution in [3.8, 4) is 38.9 Å². The molecule has 1 N–H and O–H groups in total. The van der Waals surface area contributed by atoms with Gasteiger partial charge >= 0.3 is 5.97 Å². The number of aromatic nitrogens is 3. The van der Waals surface area contributed by atoms with Crippen LogP contribution in [0.3, 0.4) is 0 Å². The first-order valence-corrected chi connectivity index (χ1v) is 16.6.